The molecule has 4 nitrogen and oxygen atoms in total. The first-order chi connectivity index (χ1) is 10.7. The van der Waals surface area contributed by atoms with Gasteiger partial charge in [-0.3, -0.25) is 0 Å². The number of hydrogen-bond donors (Lipinski definition) is 0. The van der Waals surface area contributed by atoms with Gasteiger partial charge in [-0.05, 0) is 84.2 Å². The van der Waals surface area contributed by atoms with Crippen molar-refractivity contribution in [3.8, 4) is 0 Å². The average molecular weight is 411 g/mol. The van der Waals surface area contributed by atoms with Crippen LogP contribution in [0.15, 0.2) is 0 Å². The third kappa shape index (κ3) is 13.9. The van der Waals surface area contributed by atoms with Gasteiger partial charge in [0.25, 0.3) is 0 Å². The highest BCUT2D eigenvalue weighted by atomic mass is 28.5. The molecule has 24 heavy (non-hydrogen) atoms. The summed E-state index contributed by atoms with van der Waals surface area (Å²) in [5, 5.41) is 0. The molecule has 0 aromatic rings. The molecule has 0 aliphatic carbocycles. The largest absolute Gasteiger partial charge is 0.437 e. The first-order valence-electron chi connectivity index (χ1n) is 9.36. The highest BCUT2D eigenvalue weighted by Gasteiger charge is 2.44. The number of rotatable bonds is 13. The van der Waals surface area contributed by atoms with E-state index in [-0.39, 0.29) is 0 Å². The molecule has 0 rings (SSSR count). The Morgan fingerprint density at radius 3 is 1.62 bits per heavy atom. The molecule has 0 spiro atoms. The van der Waals surface area contributed by atoms with Crippen LogP contribution in [0.2, 0.25) is 65.0 Å². The Labute approximate surface area is 155 Å². The molecule has 1 atom stereocenters. The van der Waals surface area contributed by atoms with Crippen molar-refractivity contribution in [3.63, 3.8) is 0 Å². The molecule has 1 unspecified atom stereocenters. The SMILES string of the molecule is CCCOCCCC[Si](C)(O[Si](C)(C)C)O[Si](C)(C)O[Si](C)(C)C. The summed E-state index contributed by atoms with van der Waals surface area (Å²) in [6.45, 7) is 23.9. The van der Waals surface area contributed by atoms with E-state index in [0.29, 0.717) is 0 Å². The van der Waals surface area contributed by atoms with Crippen LogP contribution in [0.4, 0.5) is 0 Å². The Bertz CT molecular complexity index is 353. The van der Waals surface area contributed by atoms with Crippen LogP contribution in [-0.2, 0) is 17.1 Å². The lowest BCUT2D eigenvalue weighted by Gasteiger charge is -2.41. The topological polar surface area (TPSA) is 36.9 Å². The van der Waals surface area contributed by atoms with E-state index < -0.39 is 33.8 Å². The van der Waals surface area contributed by atoms with E-state index >= 15 is 0 Å². The van der Waals surface area contributed by atoms with Gasteiger partial charge in [-0.25, -0.2) is 0 Å². The van der Waals surface area contributed by atoms with Gasteiger partial charge >= 0.3 is 17.1 Å². The Morgan fingerprint density at radius 1 is 0.625 bits per heavy atom. The molecule has 0 N–H and O–H groups in total. The third-order valence-corrected chi connectivity index (χ3v) is 16.6. The van der Waals surface area contributed by atoms with Crippen molar-refractivity contribution in [2.75, 3.05) is 13.2 Å². The molecule has 146 valence electrons. The summed E-state index contributed by atoms with van der Waals surface area (Å²) >= 11 is 0. The Morgan fingerprint density at radius 2 is 1.17 bits per heavy atom. The van der Waals surface area contributed by atoms with E-state index in [0.717, 1.165) is 38.5 Å². The molecule has 0 aliphatic heterocycles. The van der Waals surface area contributed by atoms with Crippen molar-refractivity contribution < 1.29 is 17.1 Å². The standard InChI is InChI=1S/C16H42O4Si4/c1-11-14-17-15-12-13-16-24(10,19-22(5,6)7)20-23(8,9)18-21(2,3)4/h11-16H2,1-10H3. The van der Waals surface area contributed by atoms with Crippen molar-refractivity contribution in [1.82, 2.24) is 0 Å². The summed E-state index contributed by atoms with van der Waals surface area (Å²) in [6.07, 6.45) is 3.27. The zero-order valence-electron chi connectivity index (χ0n) is 17.9. The smallest absolute Gasteiger partial charge is 0.315 e. The second-order valence-corrected chi connectivity index (χ2v) is 25.6. The molecule has 0 heterocycles. The zero-order chi connectivity index (χ0) is 19.1. The molecule has 0 amide bonds. The van der Waals surface area contributed by atoms with Crippen molar-refractivity contribution in [1.29, 1.82) is 0 Å². The quantitative estimate of drug-likeness (QED) is 0.289. The van der Waals surface area contributed by atoms with Crippen LogP contribution in [0.5, 0.6) is 0 Å². The number of ether oxygens (including phenoxy) is 1. The van der Waals surface area contributed by atoms with Crippen LogP contribution in [0.3, 0.4) is 0 Å². The Kier molecular flexibility index (Phi) is 10.4. The van der Waals surface area contributed by atoms with Crippen LogP contribution in [0, 0.1) is 0 Å². The van der Waals surface area contributed by atoms with Crippen molar-refractivity contribution in [2.24, 2.45) is 0 Å². The minimum atomic E-state index is -2.22. The maximum atomic E-state index is 6.67. The van der Waals surface area contributed by atoms with Gasteiger partial charge < -0.3 is 17.1 Å². The minimum Gasteiger partial charge on any atom is -0.437 e. The van der Waals surface area contributed by atoms with Crippen molar-refractivity contribution in [3.05, 3.63) is 0 Å². The zero-order valence-corrected chi connectivity index (χ0v) is 21.9. The van der Waals surface area contributed by atoms with E-state index in [4.69, 9.17) is 17.1 Å². The molecule has 0 aromatic carbocycles. The number of unbranched alkanes of at least 4 members (excludes halogenated alkanes) is 1. The van der Waals surface area contributed by atoms with Gasteiger partial charge in [0.2, 0.25) is 0 Å². The summed E-state index contributed by atoms with van der Waals surface area (Å²) in [6, 6.07) is 1.03. The van der Waals surface area contributed by atoms with Crippen LogP contribution in [0.1, 0.15) is 26.2 Å². The predicted molar refractivity (Wildman–Crippen MR) is 114 cm³/mol. The lowest BCUT2D eigenvalue weighted by molar-refractivity contribution is 0.131. The monoisotopic (exact) mass is 410 g/mol. The van der Waals surface area contributed by atoms with Crippen LogP contribution in [-0.4, -0.2) is 47.0 Å². The summed E-state index contributed by atoms with van der Waals surface area (Å²) in [5.74, 6) is 0. The fourth-order valence-electron chi connectivity index (χ4n) is 2.95. The summed E-state index contributed by atoms with van der Waals surface area (Å²) in [4.78, 5) is 0. The van der Waals surface area contributed by atoms with Crippen molar-refractivity contribution >= 4 is 33.8 Å². The van der Waals surface area contributed by atoms with Gasteiger partial charge in [-0.15, -0.1) is 0 Å². The van der Waals surface area contributed by atoms with Crippen molar-refractivity contribution in [2.45, 2.75) is 91.2 Å². The van der Waals surface area contributed by atoms with E-state index in [1.54, 1.807) is 0 Å². The van der Waals surface area contributed by atoms with Crippen LogP contribution >= 0.6 is 0 Å². The molecular formula is C16H42O4Si4. The lowest BCUT2D eigenvalue weighted by Crippen LogP contribution is -2.56. The second kappa shape index (κ2) is 10.1. The first kappa shape index (κ1) is 24.7. The summed E-state index contributed by atoms with van der Waals surface area (Å²) in [5.41, 5.74) is 0. The molecule has 0 saturated carbocycles. The summed E-state index contributed by atoms with van der Waals surface area (Å²) in [7, 11) is -7.65. The fraction of sp³-hybridized carbons (Fsp3) is 1.00. The maximum absolute atomic E-state index is 6.67. The normalized spacial score (nSPS) is 16.2. The van der Waals surface area contributed by atoms with E-state index in [1.807, 2.05) is 0 Å². The van der Waals surface area contributed by atoms with Gasteiger partial charge in [0.05, 0.1) is 0 Å². The van der Waals surface area contributed by atoms with Gasteiger partial charge in [0.1, 0.15) is 0 Å². The molecule has 0 fully saturated rings. The van der Waals surface area contributed by atoms with Crippen LogP contribution < -0.4 is 0 Å². The van der Waals surface area contributed by atoms with Gasteiger partial charge in [0.15, 0.2) is 16.6 Å². The second-order valence-electron chi connectivity index (χ2n) is 9.13. The van der Waals surface area contributed by atoms with Crippen LogP contribution in [0.25, 0.3) is 0 Å². The fourth-order valence-corrected chi connectivity index (χ4v) is 21.0. The molecule has 0 saturated heterocycles. The van der Waals surface area contributed by atoms with Gasteiger partial charge in [0, 0.05) is 13.2 Å². The molecule has 0 aliphatic rings. The highest BCUT2D eigenvalue weighted by molar-refractivity contribution is 6.89. The minimum absolute atomic E-state index is 0.845. The first-order valence-corrected chi connectivity index (χ1v) is 21.5. The molecule has 0 radical (unpaired) electrons. The van der Waals surface area contributed by atoms with E-state index in [2.05, 4.69) is 65.8 Å². The highest BCUT2D eigenvalue weighted by Crippen LogP contribution is 2.28. The Balaban J connectivity index is 4.76. The lowest BCUT2D eigenvalue weighted by atomic mass is 10.3. The maximum Gasteiger partial charge on any atom is 0.315 e. The van der Waals surface area contributed by atoms with Gasteiger partial charge in [-0.1, -0.05) is 6.92 Å². The van der Waals surface area contributed by atoms with E-state index in [1.165, 1.54) is 0 Å². The average Bonchev–Trinajstić information content (AvgIpc) is 2.26. The molecule has 8 heteroatoms. The molecule has 0 bridgehead atoms. The Hall–Kier alpha value is 0.708. The number of hydrogen-bond acceptors (Lipinski definition) is 4. The van der Waals surface area contributed by atoms with E-state index in [9.17, 15) is 0 Å². The predicted octanol–water partition coefficient (Wildman–Crippen LogP) is 5.69. The third-order valence-electron chi connectivity index (χ3n) is 3.05. The summed E-state index contributed by atoms with van der Waals surface area (Å²) < 4.78 is 25.2. The molecule has 0 aromatic heterocycles. The van der Waals surface area contributed by atoms with Gasteiger partial charge in [-0.2, -0.15) is 0 Å². The molecular weight excluding hydrogens is 369 g/mol.